The minimum atomic E-state index is -1.03. The van der Waals surface area contributed by atoms with Gasteiger partial charge < -0.3 is 13.9 Å². The van der Waals surface area contributed by atoms with Crippen LogP contribution in [-0.2, 0) is 9.53 Å². The van der Waals surface area contributed by atoms with Crippen LogP contribution < -0.4 is 10.4 Å². The average molecular weight is 435 g/mol. The molecule has 0 N–H and O–H groups in total. The number of halogens is 2. The summed E-state index contributed by atoms with van der Waals surface area (Å²) >= 11 is 12.1. The molecule has 0 spiro atoms. The number of ketones is 1. The predicted molar refractivity (Wildman–Crippen MR) is 109 cm³/mol. The van der Waals surface area contributed by atoms with Crippen molar-refractivity contribution in [1.82, 2.24) is 0 Å². The Morgan fingerprint density at radius 3 is 2.38 bits per heavy atom. The van der Waals surface area contributed by atoms with E-state index in [0.29, 0.717) is 21.7 Å². The molecule has 2 aromatic carbocycles. The van der Waals surface area contributed by atoms with Crippen LogP contribution in [0.1, 0.15) is 28.3 Å². The molecular weight excluding hydrogens is 419 g/mol. The third-order valence-electron chi connectivity index (χ3n) is 4.47. The van der Waals surface area contributed by atoms with Crippen molar-refractivity contribution in [2.24, 2.45) is 0 Å². The molecule has 1 atom stereocenters. The summed E-state index contributed by atoms with van der Waals surface area (Å²) in [5, 5.41) is 1.17. The summed E-state index contributed by atoms with van der Waals surface area (Å²) in [5.74, 6) is -1.69. The molecule has 0 saturated heterocycles. The van der Waals surface area contributed by atoms with Crippen LogP contribution >= 0.6 is 23.2 Å². The van der Waals surface area contributed by atoms with Crippen LogP contribution in [0.25, 0.3) is 11.0 Å². The van der Waals surface area contributed by atoms with E-state index in [0.717, 1.165) is 0 Å². The van der Waals surface area contributed by atoms with Crippen molar-refractivity contribution < 1.29 is 23.5 Å². The van der Waals surface area contributed by atoms with E-state index >= 15 is 0 Å². The summed E-state index contributed by atoms with van der Waals surface area (Å²) in [6.07, 6.45) is -0.212. The molecule has 0 aliphatic heterocycles. The first-order valence-electron chi connectivity index (χ1n) is 8.52. The summed E-state index contributed by atoms with van der Waals surface area (Å²) in [6.45, 7) is 0. The predicted octanol–water partition coefficient (Wildman–Crippen LogP) is 4.64. The van der Waals surface area contributed by atoms with E-state index < -0.39 is 17.5 Å². The van der Waals surface area contributed by atoms with Gasteiger partial charge >= 0.3 is 11.6 Å². The molecule has 1 unspecified atom stereocenters. The zero-order chi connectivity index (χ0) is 21.1. The quantitative estimate of drug-likeness (QED) is 0.319. The van der Waals surface area contributed by atoms with Gasteiger partial charge in [0.2, 0.25) is 0 Å². The number of hydrogen-bond acceptors (Lipinski definition) is 6. The number of Topliss-reactive ketones (excluding diaryl/α,β-unsaturated/α-hetero) is 1. The molecule has 0 aliphatic rings. The Morgan fingerprint density at radius 1 is 1.07 bits per heavy atom. The number of rotatable bonds is 6. The number of fused-ring (bicyclic) bond motifs is 1. The molecule has 6 nitrogen and oxygen atoms in total. The Morgan fingerprint density at radius 2 is 1.76 bits per heavy atom. The molecule has 3 aromatic rings. The van der Waals surface area contributed by atoms with Crippen molar-refractivity contribution in [3.63, 3.8) is 0 Å². The SMILES string of the molecule is COC(=O)C(CC(=O)c1ccc(Cl)cc1)c1cc(=O)oc2cc(OC)c(Cl)cc12. The van der Waals surface area contributed by atoms with Gasteiger partial charge in [-0.3, -0.25) is 9.59 Å². The van der Waals surface area contributed by atoms with E-state index in [9.17, 15) is 14.4 Å². The molecule has 0 aliphatic carbocycles. The maximum absolute atomic E-state index is 12.7. The molecule has 8 heteroatoms. The standard InChI is InChI=1S/C21H16Cl2O6/c1-27-19-10-18-14(7-16(19)23)13(9-20(25)29-18)15(21(26)28-2)8-17(24)11-3-5-12(22)6-4-11/h3-7,9-10,15H,8H2,1-2H3. The third-order valence-corrected chi connectivity index (χ3v) is 5.01. The van der Waals surface area contributed by atoms with Gasteiger partial charge in [0.1, 0.15) is 11.3 Å². The third kappa shape index (κ3) is 4.44. The number of carbonyl (C=O) groups is 2. The van der Waals surface area contributed by atoms with Gasteiger partial charge in [0, 0.05) is 34.5 Å². The molecule has 1 heterocycles. The highest BCUT2D eigenvalue weighted by Gasteiger charge is 2.28. The maximum Gasteiger partial charge on any atom is 0.336 e. The zero-order valence-electron chi connectivity index (χ0n) is 15.5. The van der Waals surface area contributed by atoms with Crippen molar-refractivity contribution in [1.29, 1.82) is 0 Å². The molecule has 0 bridgehead atoms. The molecule has 0 radical (unpaired) electrons. The van der Waals surface area contributed by atoms with Gasteiger partial charge in [-0.2, -0.15) is 0 Å². The maximum atomic E-state index is 12.7. The van der Waals surface area contributed by atoms with Crippen LogP contribution in [0.15, 0.2) is 51.7 Å². The van der Waals surface area contributed by atoms with Gasteiger partial charge in [0.05, 0.1) is 25.2 Å². The number of esters is 1. The number of carbonyl (C=O) groups excluding carboxylic acids is 2. The Balaban J connectivity index is 2.11. The minimum absolute atomic E-state index is 0.182. The summed E-state index contributed by atoms with van der Waals surface area (Å²) in [6, 6.07) is 10.5. The van der Waals surface area contributed by atoms with Crippen LogP contribution in [-0.4, -0.2) is 26.0 Å². The lowest BCUT2D eigenvalue weighted by atomic mass is 9.89. The summed E-state index contributed by atoms with van der Waals surface area (Å²) in [5.41, 5.74) is 0.177. The van der Waals surface area contributed by atoms with Gasteiger partial charge in [0.15, 0.2) is 5.78 Å². The first kappa shape index (κ1) is 20.9. The Kier molecular flexibility index (Phi) is 6.25. The van der Waals surface area contributed by atoms with Gasteiger partial charge in [-0.1, -0.05) is 23.2 Å². The molecule has 0 amide bonds. The fourth-order valence-corrected chi connectivity index (χ4v) is 3.40. The number of hydrogen-bond donors (Lipinski definition) is 0. The van der Waals surface area contributed by atoms with Crippen molar-refractivity contribution in [2.75, 3.05) is 14.2 Å². The van der Waals surface area contributed by atoms with E-state index in [1.165, 1.54) is 32.4 Å². The van der Waals surface area contributed by atoms with Gasteiger partial charge in [-0.25, -0.2) is 4.79 Å². The molecule has 150 valence electrons. The van der Waals surface area contributed by atoms with E-state index in [1.807, 2.05) is 0 Å². The molecular formula is C21H16Cl2O6. The van der Waals surface area contributed by atoms with E-state index in [1.54, 1.807) is 24.3 Å². The van der Waals surface area contributed by atoms with Crippen LogP contribution in [0.4, 0.5) is 0 Å². The van der Waals surface area contributed by atoms with Crippen LogP contribution in [0.5, 0.6) is 5.75 Å². The minimum Gasteiger partial charge on any atom is -0.495 e. The fraction of sp³-hybridized carbons (Fsp3) is 0.190. The topological polar surface area (TPSA) is 82.8 Å². The molecule has 3 rings (SSSR count). The zero-order valence-corrected chi connectivity index (χ0v) is 17.0. The van der Waals surface area contributed by atoms with Crippen molar-refractivity contribution in [3.8, 4) is 5.75 Å². The van der Waals surface area contributed by atoms with Crippen LogP contribution in [0.2, 0.25) is 10.0 Å². The normalized spacial score (nSPS) is 11.9. The molecule has 29 heavy (non-hydrogen) atoms. The number of methoxy groups -OCH3 is 2. The Bertz CT molecular complexity index is 1130. The Hall–Kier alpha value is -2.83. The smallest absolute Gasteiger partial charge is 0.336 e. The lowest BCUT2D eigenvalue weighted by molar-refractivity contribution is -0.142. The Labute approximate surface area is 175 Å². The summed E-state index contributed by atoms with van der Waals surface area (Å²) < 4.78 is 15.2. The van der Waals surface area contributed by atoms with Crippen molar-refractivity contribution >= 4 is 45.9 Å². The number of benzene rings is 2. The van der Waals surface area contributed by atoms with E-state index in [2.05, 4.69) is 0 Å². The highest BCUT2D eigenvalue weighted by molar-refractivity contribution is 6.33. The molecule has 0 saturated carbocycles. The molecule has 0 fully saturated rings. The van der Waals surface area contributed by atoms with E-state index in [4.69, 9.17) is 37.1 Å². The van der Waals surface area contributed by atoms with Gasteiger partial charge in [-0.05, 0) is 35.9 Å². The fourth-order valence-electron chi connectivity index (χ4n) is 3.03. The largest absolute Gasteiger partial charge is 0.495 e. The molecule has 1 aromatic heterocycles. The second-order valence-electron chi connectivity index (χ2n) is 6.21. The lowest BCUT2D eigenvalue weighted by Gasteiger charge is -2.16. The second kappa shape index (κ2) is 8.68. The lowest BCUT2D eigenvalue weighted by Crippen LogP contribution is -2.20. The van der Waals surface area contributed by atoms with E-state index in [-0.39, 0.29) is 28.4 Å². The monoisotopic (exact) mass is 434 g/mol. The first-order chi connectivity index (χ1) is 13.8. The summed E-state index contributed by atoms with van der Waals surface area (Å²) in [4.78, 5) is 37.4. The average Bonchev–Trinajstić information content (AvgIpc) is 2.71. The van der Waals surface area contributed by atoms with Crippen LogP contribution in [0, 0.1) is 0 Å². The summed E-state index contributed by atoms with van der Waals surface area (Å²) in [7, 11) is 2.64. The van der Waals surface area contributed by atoms with Crippen LogP contribution in [0.3, 0.4) is 0 Å². The van der Waals surface area contributed by atoms with Crippen molar-refractivity contribution in [2.45, 2.75) is 12.3 Å². The first-order valence-corrected chi connectivity index (χ1v) is 9.27. The van der Waals surface area contributed by atoms with Gasteiger partial charge in [0.25, 0.3) is 0 Å². The second-order valence-corrected chi connectivity index (χ2v) is 7.06. The van der Waals surface area contributed by atoms with Crippen molar-refractivity contribution in [3.05, 3.63) is 74.1 Å². The van der Waals surface area contributed by atoms with Gasteiger partial charge in [-0.15, -0.1) is 0 Å². The number of ether oxygens (including phenoxy) is 2. The highest BCUT2D eigenvalue weighted by Crippen LogP contribution is 2.35. The highest BCUT2D eigenvalue weighted by atomic mass is 35.5.